The molecule has 0 amide bonds. The van der Waals surface area contributed by atoms with Gasteiger partial charge >= 0.3 is 0 Å². The van der Waals surface area contributed by atoms with E-state index in [1.165, 1.54) is 0 Å². The molecule has 1 aromatic heterocycles. The second-order valence-electron chi connectivity index (χ2n) is 5.18. The summed E-state index contributed by atoms with van der Waals surface area (Å²) < 4.78 is 11.0. The fourth-order valence-electron chi connectivity index (χ4n) is 2.01. The van der Waals surface area contributed by atoms with Crippen LogP contribution in [0.5, 0.6) is 11.6 Å². The molecule has 2 rings (SSSR count). The average Bonchev–Trinajstić information content (AvgIpc) is 2.38. The van der Waals surface area contributed by atoms with E-state index in [2.05, 4.69) is 35.9 Å². The first-order valence-corrected chi connectivity index (χ1v) is 7.18. The van der Waals surface area contributed by atoms with E-state index in [-0.39, 0.29) is 0 Å². The highest BCUT2D eigenvalue weighted by Gasteiger charge is 2.11. The summed E-state index contributed by atoms with van der Waals surface area (Å²) in [5.74, 6) is 2.08. The topological polar surface area (TPSA) is 44.2 Å². The molecule has 0 bridgehead atoms. The molecule has 0 aliphatic heterocycles. The molecule has 112 valence electrons. The Morgan fingerprint density at radius 1 is 1.19 bits per heavy atom. The van der Waals surface area contributed by atoms with Crippen LogP contribution in [0, 0.1) is 6.92 Å². The van der Waals surface area contributed by atoms with Crippen molar-refractivity contribution in [3.05, 3.63) is 46.4 Å². The largest absolute Gasteiger partial charge is 0.439 e. The molecule has 0 aliphatic rings. The summed E-state index contributed by atoms with van der Waals surface area (Å²) >= 11 is 6.00. The van der Waals surface area contributed by atoms with Gasteiger partial charge in [-0.1, -0.05) is 37.6 Å². The number of hydrogen-bond acceptors (Lipinski definition) is 4. The second-order valence-corrected chi connectivity index (χ2v) is 5.56. The molecule has 5 heteroatoms. The molecule has 0 N–H and O–H groups in total. The zero-order valence-electron chi connectivity index (χ0n) is 12.7. The minimum Gasteiger partial charge on any atom is -0.439 e. The number of rotatable bonds is 5. The molecule has 21 heavy (non-hydrogen) atoms. The standard InChI is InChI=1S/C16H19ClN2O2/c1-10(2)12-6-5-11(3)7-13(12)21-16-8-14(17)18-15(19-16)9-20-4/h5-8,10H,9H2,1-4H3. The number of halogens is 1. The van der Waals surface area contributed by atoms with Crippen LogP contribution in [0.4, 0.5) is 0 Å². The maximum atomic E-state index is 6.00. The molecule has 0 unspecified atom stereocenters. The third-order valence-electron chi connectivity index (χ3n) is 3.00. The SMILES string of the molecule is COCc1nc(Cl)cc(Oc2cc(C)ccc2C(C)C)n1. The molecule has 1 aromatic carbocycles. The van der Waals surface area contributed by atoms with Crippen molar-refractivity contribution in [2.75, 3.05) is 7.11 Å². The first-order chi connectivity index (χ1) is 9.99. The van der Waals surface area contributed by atoms with Crippen molar-refractivity contribution in [1.29, 1.82) is 0 Å². The number of methoxy groups -OCH3 is 1. The first-order valence-electron chi connectivity index (χ1n) is 6.80. The molecular formula is C16H19ClN2O2. The summed E-state index contributed by atoms with van der Waals surface area (Å²) in [4.78, 5) is 8.40. The molecule has 0 saturated heterocycles. The number of ether oxygens (including phenoxy) is 2. The normalized spacial score (nSPS) is 11.0. The van der Waals surface area contributed by atoms with Crippen LogP contribution in [0.1, 0.15) is 36.7 Å². The number of hydrogen-bond donors (Lipinski definition) is 0. The summed E-state index contributed by atoms with van der Waals surface area (Å²) in [6.45, 7) is 6.57. The Labute approximate surface area is 130 Å². The Hall–Kier alpha value is -1.65. The minimum absolute atomic E-state index is 0.293. The first kappa shape index (κ1) is 15.7. The Morgan fingerprint density at radius 3 is 2.62 bits per heavy atom. The van der Waals surface area contributed by atoms with Crippen LogP contribution in [0.2, 0.25) is 5.15 Å². The lowest BCUT2D eigenvalue weighted by Gasteiger charge is -2.14. The van der Waals surface area contributed by atoms with E-state index < -0.39 is 0 Å². The van der Waals surface area contributed by atoms with Crippen molar-refractivity contribution in [1.82, 2.24) is 9.97 Å². The summed E-state index contributed by atoms with van der Waals surface area (Å²) in [5.41, 5.74) is 2.26. The van der Waals surface area contributed by atoms with Gasteiger partial charge in [-0.3, -0.25) is 0 Å². The van der Waals surface area contributed by atoms with Crippen molar-refractivity contribution in [2.45, 2.75) is 33.3 Å². The summed E-state index contributed by atoms with van der Waals surface area (Å²) in [6.07, 6.45) is 0. The predicted molar refractivity (Wildman–Crippen MR) is 83.1 cm³/mol. The van der Waals surface area contributed by atoms with Gasteiger partial charge in [-0.15, -0.1) is 0 Å². The van der Waals surface area contributed by atoms with Crippen molar-refractivity contribution in [2.24, 2.45) is 0 Å². The van der Waals surface area contributed by atoms with Gasteiger partial charge in [-0.2, -0.15) is 4.98 Å². The molecule has 4 nitrogen and oxygen atoms in total. The summed E-state index contributed by atoms with van der Waals surface area (Å²) in [5, 5.41) is 0.339. The van der Waals surface area contributed by atoms with Gasteiger partial charge < -0.3 is 9.47 Å². The van der Waals surface area contributed by atoms with Crippen LogP contribution >= 0.6 is 11.6 Å². The van der Waals surface area contributed by atoms with Crippen LogP contribution in [-0.2, 0) is 11.3 Å². The zero-order valence-corrected chi connectivity index (χ0v) is 13.4. The fourth-order valence-corrected chi connectivity index (χ4v) is 2.20. The molecule has 0 spiro atoms. The van der Waals surface area contributed by atoms with Gasteiger partial charge in [-0.05, 0) is 30.0 Å². The van der Waals surface area contributed by atoms with Crippen molar-refractivity contribution < 1.29 is 9.47 Å². The number of nitrogens with zero attached hydrogens (tertiary/aromatic N) is 2. The smallest absolute Gasteiger partial charge is 0.224 e. The maximum Gasteiger partial charge on any atom is 0.224 e. The van der Waals surface area contributed by atoms with Crippen LogP contribution in [0.15, 0.2) is 24.3 Å². The van der Waals surface area contributed by atoms with Crippen LogP contribution in [-0.4, -0.2) is 17.1 Å². The highest BCUT2D eigenvalue weighted by molar-refractivity contribution is 6.29. The molecule has 0 aliphatic carbocycles. The quantitative estimate of drug-likeness (QED) is 0.763. The van der Waals surface area contributed by atoms with E-state index in [1.807, 2.05) is 13.0 Å². The van der Waals surface area contributed by atoms with Gasteiger partial charge in [0.05, 0.1) is 0 Å². The van der Waals surface area contributed by atoms with Crippen molar-refractivity contribution in [3.63, 3.8) is 0 Å². The highest BCUT2D eigenvalue weighted by atomic mass is 35.5. The number of aromatic nitrogens is 2. The number of aryl methyl sites for hydroxylation is 1. The molecule has 0 atom stereocenters. The van der Waals surface area contributed by atoms with E-state index in [4.69, 9.17) is 21.1 Å². The van der Waals surface area contributed by atoms with Gasteiger partial charge in [-0.25, -0.2) is 4.98 Å². The van der Waals surface area contributed by atoms with E-state index in [0.717, 1.165) is 16.9 Å². The summed E-state index contributed by atoms with van der Waals surface area (Å²) in [7, 11) is 1.59. The number of benzene rings is 1. The lowest BCUT2D eigenvalue weighted by atomic mass is 10.0. The molecule has 1 heterocycles. The Bertz CT molecular complexity index is 630. The highest BCUT2D eigenvalue weighted by Crippen LogP contribution is 2.31. The fraction of sp³-hybridized carbons (Fsp3) is 0.375. The van der Waals surface area contributed by atoms with E-state index >= 15 is 0 Å². The monoisotopic (exact) mass is 306 g/mol. The van der Waals surface area contributed by atoms with Gasteiger partial charge in [0.15, 0.2) is 5.82 Å². The summed E-state index contributed by atoms with van der Waals surface area (Å²) in [6, 6.07) is 7.76. The predicted octanol–water partition coefficient (Wildman–Crippen LogP) is 4.50. The van der Waals surface area contributed by atoms with E-state index in [9.17, 15) is 0 Å². The molecular weight excluding hydrogens is 288 g/mol. The van der Waals surface area contributed by atoms with Gasteiger partial charge in [0, 0.05) is 13.2 Å². The average molecular weight is 307 g/mol. The molecule has 2 aromatic rings. The Morgan fingerprint density at radius 2 is 1.95 bits per heavy atom. The van der Waals surface area contributed by atoms with Gasteiger partial charge in [0.25, 0.3) is 0 Å². The second kappa shape index (κ2) is 6.87. The third kappa shape index (κ3) is 4.16. The van der Waals surface area contributed by atoms with Gasteiger partial charge in [0.2, 0.25) is 5.88 Å². The lowest BCUT2D eigenvalue weighted by Crippen LogP contribution is -2.01. The van der Waals surface area contributed by atoms with Crippen LogP contribution in [0.3, 0.4) is 0 Å². The van der Waals surface area contributed by atoms with E-state index in [0.29, 0.717) is 29.4 Å². The van der Waals surface area contributed by atoms with Crippen LogP contribution < -0.4 is 4.74 Å². The van der Waals surface area contributed by atoms with E-state index in [1.54, 1.807) is 13.2 Å². The van der Waals surface area contributed by atoms with Crippen molar-refractivity contribution >= 4 is 11.6 Å². The lowest BCUT2D eigenvalue weighted by molar-refractivity contribution is 0.177. The molecule has 0 fully saturated rings. The minimum atomic E-state index is 0.293. The zero-order chi connectivity index (χ0) is 15.4. The Kier molecular flexibility index (Phi) is 5.15. The third-order valence-corrected chi connectivity index (χ3v) is 3.19. The maximum absolute atomic E-state index is 6.00. The van der Waals surface area contributed by atoms with Crippen molar-refractivity contribution in [3.8, 4) is 11.6 Å². The molecule has 0 saturated carbocycles. The molecule has 0 radical (unpaired) electrons. The van der Waals surface area contributed by atoms with Crippen LogP contribution in [0.25, 0.3) is 0 Å². The Balaban J connectivity index is 2.35. The van der Waals surface area contributed by atoms with Gasteiger partial charge in [0.1, 0.15) is 17.5 Å².